The second kappa shape index (κ2) is 5.24. The van der Waals surface area contributed by atoms with Crippen molar-refractivity contribution in [3.63, 3.8) is 0 Å². The minimum Gasteiger partial charge on any atom is -0.396 e. The summed E-state index contributed by atoms with van der Waals surface area (Å²) in [6.45, 7) is 0. The number of aromatic nitrogens is 1. The summed E-state index contributed by atoms with van der Waals surface area (Å²) < 4.78 is 30.2. The summed E-state index contributed by atoms with van der Waals surface area (Å²) >= 11 is 0. The third-order valence-corrected chi connectivity index (χ3v) is 5.61. The Balaban J connectivity index is 2.29. The number of hydrogen-bond acceptors (Lipinski definition) is 5. The molecule has 0 spiro atoms. The molecule has 0 saturated heterocycles. The first-order valence-electron chi connectivity index (χ1n) is 6.03. The van der Waals surface area contributed by atoms with Crippen LogP contribution in [0.25, 0.3) is 0 Å². The van der Waals surface area contributed by atoms with Crippen LogP contribution in [-0.2, 0) is 14.6 Å². The highest BCUT2D eigenvalue weighted by Crippen LogP contribution is 2.30. The fourth-order valence-electron chi connectivity index (χ4n) is 2.40. The molecule has 5 nitrogen and oxygen atoms in total. The van der Waals surface area contributed by atoms with Gasteiger partial charge in [0.25, 0.3) is 0 Å². The van der Waals surface area contributed by atoms with Gasteiger partial charge < -0.3 is 10.5 Å². The summed E-state index contributed by atoms with van der Waals surface area (Å²) in [7, 11) is -1.83. The van der Waals surface area contributed by atoms with Crippen molar-refractivity contribution in [1.82, 2.24) is 4.98 Å². The average molecular weight is 270 g/mol. The van der Waals surface area contributed by atoms with Gasteiger partial charge in [-0.1, -0.05) is 0 Å². The average Bonchev–Trinajstić information content (AvgIpc) is 2.39. The van der Waals surface area contributed by atoms with E-state index < -0.39 is 15.1 Å². The Labute approximate surface area is 107 Å². The maximum Gasteiger partial charge on any atom is 0.200 e. The van der Waals surface area contributed by atoms with Crippen LogP contribution in [0.3, 0.4) is 0 Å². The molecule has 0 aliphatic heterocycles. The Morgan fingerprint density at radius 2 is 2.22 bits per heavy atom. The van der Waals surface area contributed by atoms with Gasteiger partial charge in [0.2, 0.25) is 9.84 Å². The minimum atomic E-state index is -3.45. The molecule has 0 aromatic carbocycles. The molecule has 1 heterocycles. The number of nitrogen functional groups attached to an aromatic ring is 1. The van der Waals surface area contributed by atoms with E-state index in [1.165, 1.54) is 6.20 Å². The van der Waals surface area contributed by atoms with E-state index in [1.54, 1.807) is 19.2 Å². The zero-order chi connectivity index (χ0) is 13.2. The summed E-state index contributed by atoms with van der Waals surface area (Å²) in [5.41, 5.74) is 5.93. The summed E-state index contributed by atoms with van der Waals surface area (Å²) in [6.07, 6.45) is 4.42. The van der Waals surface area contributed by atoms with Crippen LogP contribution in [0.2, 0.25) is 0 Å². The van der Waals surface area contributed by atoms with Crippen molar-refractivity contribution in [2.45, 2.75) is 42.1 Å². The van der Waals surface area contributed by atoms with Crippen molar-refractivity contribution < 1.29 is 13.2 Å². The standard InChI is InChI=1S/C12H18N2O3S/c1-17-9-4-2-5-10(8-9)18(15,16)12-11(13)6-3-7-14-12/h3,6-7,9-10H,2,4-5,8,13H2,1H3. The molecule has 18 heavy (non-hydrogen) atoms. The highest BCUT2D eigenvalue weighted by Gasteiger charge is 2.34. The van der Waals surface area contributed by atoms with Crippen LogP contribution in [0, 0.1) is 0 Å². The minimum absolute atomic E-state index is 0.00625. The van der Waals surface area contributed by atoms with E-state index in [0.717, 1.165) is 12.8 Å². The summed E-state index contributed by atoms with van der Waals surface area (Å²) in [5, 5.41) is -0.430. The monoisotopic (exact) mass is 270 g/mol. The van der Waals surface area contributed by atoms with Gasteiger partial charge >= 0.3 is 0 Å². The van der Waals surface area contributed by atoms with Gasteiger partial charge in [0.1, 0.15) is 0 Å². The van der Waals surface area contributed by atoms with E-state index in [2.05, 4.69) is 4.98 Å². The van der Waals surface area contributed by atoms with Crippen LogP contribution in [0.1, 0.15) is 25.7 Å². The van der Waals surface area contributed by atoms with Crippen LogP contribution in [-0.4, -0.2) is 31.9 Å². The molecule has 1 aromatic rings. The Kier molecular flexibility index (Phi) is 3.87. The number of ether oxygens (including phenoxy) is 1. The van der Waals surface area contributed by atoms with E-state index in [0.29, 0.717) is 12.8 Å². The Hall–Kier alpha value is -1.14. The third-order valence-electron chi connectivity index (χ3n) is 3.42. The van der Waals surface area contributed by atoms with Crippen LogP contribution >= 0.6 is 0 Å². The normalized spacial score (nSPS) is 24.9. The Bertz CT molecular complexity index is 516. The molecule has 2 rings (SSSR count). The van der Waals surface area contributed by atoms with E-state index in [1.807, 2.05) is 0 Å². The van der Waals surface area contributed by atoms with Gasteiger partial charge in [0.05, 0.1) is 17.0 Å². The zero-order valence-corrected chi connectivity index (χ0v) is 11.2. The van der Waals surface area contributed by atoms with E-state index in [9.17, 15) is 8.42 Å². The maximum atomic E-state index is 12.5. The van der Waals surface area contributed by atoms with Crippen molar-refractivity contribution in [2.75, 3.05) is 12.8 Å². The first-order valence-corrected chi connectivity index (χ1v) is 7.57. The summed E-state index contributed by atoms with van der Waals surface area (Å²) in [5.74, 6) is 0. The number of sulfone groups is 1. The smallest absolute Gasteiger partial charge is 0.200 e. The molecule has 0 bridgehead atoms. The Morgan fingerprint density at radius 1 is 1.44 bits per heavy atom. The van der Waals surface area contributed by atoms with Crippen molar-refractivity contribution in [3.05, 3.63) is 18.3 Å². The lowest BCUT2D eigenvalue weighted by atomic mass is 9.97. The second-order valence-electron chi connectivity index (χ2n) is 4.59. The molecular weight excluding hydrogens is 252 g/mol. The molecule has 1 aromatic heterocycles. The van der Waals surface area contributed by atoms with Gasteiger partial charge in [-0.3, -0.25) is 0 Å². The van der Waals surface area contributed by atoms with Crippen LogP contribution in [0.5, 0.6) is 0 Å². The van der Waals surface area contributed by atoms with Crippen molar-refractivity contribution >= 4 is 15.5 Å². The predicted molar refractivity (Wildman–Crippen MR) is 68.9 cm³/mol. The third kappa shape index (κ3) is 2.49. The lowest BCUT2D eigenvalue weighted by molar-refractivity contribution is 0.0720. The molecule has 6 heteroatoms. The fraction of sp³-hybridized carbons (Fsp3) is 0.583. The molecule has 2 atom stereocenters. The molecule has 1 aliphatic carbocycles. The van der Waals surface area contributed by atoms with Crippen LogP contribution in [0.15, 0.2) is 23.4 Å². The number of hydrogen-bond donors (Lipinski definition) is 1. The SMILES string of the molecule is COC1CCCC(S(=O)(=O)c2ncccc2N)C1. The van der Waals surface area contributed by atoms with Gasteiger partial charge in [-0.15, -0.1) is 0 Å². The molecular formula is C12H18N2O3S. The maximum absolute atomic E-state index is 12.5. The van der Waals surface area contributed by atoms with Gasteiger partial charge in [0.15, 0.2) is 5.03 Å². The topological polar surface area (TPSA) is 82.3 Å². The van der Waals surface area contributed by atoms with E-state index in [-0.39, 0.29) is 16.8 Å². The molecule has 100 valence electrons. The quantitative estimate of drug-likeness (QED) is 0.897. The van der Waals surface area contributed by atoms with Gasteiger partial charge in [-0.25, -0.2) is 13.4 Å². The fourth-order valence-corrected chi connectivity index (χ4v) is 4.26. The lowest BCUT2D eigenvalue weighted by Crippen LogP contribution is -2.32. The number of methoxy groups -OCH3 is 1. The first-order chi connectivity index (χ1) is 8.55. The lowest BCUT2D eigenvalue weighted by Gasteiger charge is -2.27. The molecule has 2 unspecified atom stereocenters. The number of anilines is 1. The molecule has 2 N–H and O–H groups in total. The number of nitrogens with two attached hydrogens (primary N) is 1. The highest BCUT2D eigenvalue weighted by atomic mass is 32.2. The van der Waals surface area contributed by atoms with Gasteiger partial charge in [-0.2, -0.15) is 0 Å². The molecule has 1 aliphatic rings. The van der Waals surface area contributed by atoms with Crippen molar-refractivity contribution in [3.8, 4) is 0 Å². The number of nitrogens with zero attached hydrogens (tertiary/aromatic N) is 1. The predicted octanol–water partition coefficient (Wildman–Crippen LogP) is 1.40. The molecule has 1 saturated carbocycles. The van der Waals surface area contributed by atoms with E-state index >= 15 is 0 Å². The van der Waals surface area contributed by atoms with Gasteiger partial charge in [-0.05, 0) is 37.8 Å². The van der Waals surface area contributed by atoms with Crippen LogP contribution in [0.4, 0.5) is 5.69 Å². The van der Waals surface area contributed by atoms with Gasteiger partial charge in [0, 0.05) is 13.3 Å². The molecule has 0 radical (unpaired) electrons. The van der Waals surface area contributed by atoms with Crippen molar-refractivity contribution in [1.29, 1.82) is 0 Å². The number of pyridine rings is 1. The first kappa shape index (κ1) is 13.3. The second-order valence-corrected chi connectivity index (χ2v) is 6.73. The highest BCUT2D eigenvalue weighted by molar-refractivity contribution is 7.92. The largest absolute Gasteiger partial charge is 0.396 e. The summed E-state index contributed by atoms with van der Waals surface area (Å²) in [4.78, 5) is 3.92. The summed E-state index contributed by atoms with van der Waals surface area (Å²) in [6, 6.07) is 3.20. The van der Waals surface area contributed by atoms with Crippen molar-refractivity contribution in [2.24, 2.45) is 0 Å². The molecule has 1 fully saturated rings. The van der Waals surface area contributed by atoms with Crippen LogP contribution < -0.4 is 5.73 Å². The number of rotatable bonds is 3. The Morgan fingerprint density at radius 3 is 2.89 bits per heavy atom. The molecule has 0 amide bonds. The van der Waals surface area contributed by atoms with E-state index in [4.69, 9.17) is 10.5 Å². The zero-order valence-electron chi connectivity index (χ0n) is 10.4.